The summed E-state index contributed by atoms with van der Waals surface area (Å²) in [4.78, 5) is 22.7. The number of aryl methyl sites for hydroxylation is 1. The largest absolute Gasteiger partial charge is 0.367 e. The van der Waals surface area contributed by atoms with E-state index in [9.17, 15) is 18.4 Å². The summed E-state index contributed by atoms with van der Waals surface area (Å²) in [5.41, 5.74) is 5.43. The molecule has 0 spiro atoms. The molecule has 1 aromatic rings. The molecule has 120 valence electrons. The highest BCUT2D eigenvalue weighted by molar-refractivity contribution is 5.79. The van der Waals surface area contributed by atoms with Gasteiger partial charge in [-0.2, -0.15) is 0 Å². The summed E-state index contributed by atoms with van der Waals surface area (Å²) in [6.45, 7) is 0.286. The highest BCUT2D eigenvalue weighted by atomic mass is 19.1. The first-order chi connectivity index (χ1) is 10.5. The van der Waals surface area contributed by atoms with Crippen LogP contribution in [-0.2, 0) is 20.7 Å². The molecule has 1 saturated heterocycles. The molecule has 0 aromatic heterocycles. The lowest BCUT2D eigenvalue weighted by Gasteiger charge is -2.12. The smallest absolute Gasteiger partial charge is 0.246 e. The molecule has 2 amide bonds. The molecule has 2 atom stereocenters. The van der Waals surface area contributed by atoms with Crippen LogP contribution in [-0.4, -0.2) is 30.6 Å². The van der Waals surface area contributed by atoms with E-state index in [1.807, 2.05) is 0 Å². The van der Waals surface area contributed by atoms with Gasteiger partial charge in [0.25, 0.3) is 0 Å². The summed E-state index contributed by atoms with van der Waals surface area (Å²) < 4.78 is 31.6. The molecular weight excluding hydrogens is 294 g/mol. The third-order valence-corrected chi connectivity index (χ3v) is 3.59. The Morgan fingerprint density at radius 1 is 1.32 bits per heavy atom. The van der Waals surface area contributed by atoms with Crippen LogP contribution in [0.15, 0.2) is 18.2 Å². The van der Waals surface area contributed by atoms with Gasteiger partial charge < -0.3 is 15.8 Å². The van der Waals surface area contributed by atoms with Crippen molar-refractivity contribution in [3.05, 3.63) is 35.4 Å². The molecule has 0 radical (unpaired) electrons. The maximum atomic E-state index is 13.4. The molecule has 3 N–H and O–H groups in total. The Bertz CT molecular complexity index is 566. The average Bonchev–Trinajstić information content (AvgIpc) is 2.93. The topological polar surface area (TPSA) is 81.4 Å². The van der Waals surface area contributed by atoms with E-state index in [2.05, 4.69) is 5.32 Å². The maximum absolute atomic E-state index is 13.4. The number of nitrogens with one attached hydrogen (secondary N) is 1. The van der Waals surface area contributed by atoms with Crippen LogP contribution < -0.4 is 11.1 Å². The van der Waals surface area contributed by atoms with Gasteiger partial charge in [0.15, 0.2) is 0 Å². The Hall–Kier alpha value is -2.02. The summed E-state index contributed by atoms with van der Waals surface area (Å²) in [6, 6.07) is 3.28. The molecule has 7 heteroatoms. The molecule has 0 unspecified atom stereocenters. The van der Waals surface area contributed by atoms with Crippen molar-refractivity contribution in [3.63, 3.8) is 0 Å². The highest BCUT2D eigenvalue weighted by Crippen LogP contribution is 2.18. The Kier molecular flexibility index (Phi) is 5.43. The zero-order valence-corrected chi connectivity index (χ0v) is 12.0. The molecule has 1 aliphatic heterocycles. The number of rotatable bonds is 6. The van der Waals surface area contributed by atoms with Crippen LogP contribution in [0.4, 0.5) is 8.78 Å². The molecular formula is C15H18F2N2O3. The van der Waals surface area contributed by atoms with Gasteiger partial charge in [0, 0.05) is 19.0 Å². The fourth-order valence-corrected chi connectivity index (χ4v) is 2.35. The molecule has 0 bridgehead atoms. The summed E-state index contributed by atoms with van der Waals surface area (Å²) in [6.07, 6.45) is 0.665. The van der Waals surface area contributed by atoms with Gasteiger partial charge in [0.05, 0.1) is 6.10 Å². The summed E-state index contributed by atoms with van der Waals surface area (Å²) in [5, 5.41) is 2.67. The number of halogens is 2. The van der Waals surface area contributed by atoms with E-state index in [0.29, 0.717) is 18.4 Å². The predicted octanol–water partition coefficient (Wildman–Crippen LogP) is 1.05. The molecule has 1 heterocycles. The van der Waals surface area contributed by atoms with Crippen LogP contribution in [0.1, 0.15) is 24.8 Å². The number of carbonyl (C=O) groups is 2. The van der Waals surface area contributed by atoms with Gasteiger partial charge in [-0.3, -0.25) is 9.59 Å². The Morgan fingerprint density at radius 3 is 2.73 bits per heavy atom. The van der Waals surface area contributed by atoms with Crippen LogP contribution in [0, 0.1) is 11.6 Å². The number of primary amides is 1. The minimum Gasteiger partial charge on any atom is -0.367 e. The van der Waals surface area contributed by atoms with Crippen LogP contribution >= 0.6 is 0 Å². The normalized spacial score (nSPS) is 20.8. The van der Waals surface area contributed by atoms with Crippen molar-refractivity contribution >= 4 is 11.8 Å². The molecule has 1 fully saturated rings. The first-order valence-electron chi connectivity index (χ1n) is 7.11. The van der Waals surface area contributed by atoms with Gasteiger partial charge >= 0.3 is 0 Å². The summed E-state index contributed by atoms with van der Waals surface area (Å²) in [5.74, 6) is -2.06. The van der Waals surface area contributed by atoms with Gasteiger partial charge in [-0.1, -0.05) is 6.07 Å². The van der Waals surface area contributed by atoms with Crippen molar-refractivity contribution in [1.29, 1.82) is 0 Å². The fraction of sp³-hybridized carbons (Fsp3) is 0.467. The van der Waals surface area contributed by atoms with Crippen LogP contribution in [0.25, 0.3) is 0 Å². The molecule has 5 nitrogen and oxygen atoms in total. The Morgan fingerprint density at radius 2 is 2.09 bits per heavy atom. The third-order valence-electron chi connectivity index (χ3n) is 3.59. The number of ether oxygens (including phenoxy) is 1. The number of hydrogen-bond donors (Lipinski definition) is 2. The number of benzene rings is 1. The second kappa shape index (κ2) is 7.31. The van der Waals surface area contributed by atoms with Gasteiger partial charge in [0.1, 0.15) is 17.7 Å². The van der Waals surface area contributed by atoms with Crippen LogP contribution in [0.5, 0.6) is 0 Å². The minimum atomic E-state index is -0.656. The van der Waals surface area contributed by atoms with Gasteiger partial charge in [-0.05, 0) is 30.9 Å². The fourth-order valence-electron chi connectivity index (χ4n) is 2.35. The molecule has 1 aromatic carbocycles. The number of amides is 2. The second-order valence-corrected chi connectivity index (χ2v) is 5.27. The van der Waals surface area contributed by atoms with E-state index in [1.54, 1.807) is 0 Å². The lowest BCUT2D eigenvalue weighted by atomic mass is 10.1. The molecule has 0 saturated carbocycles. The number of carbonyl (C=O) groups excluding carboxylic acids is 2. The zero-order chi connectivity index (χ0) is 16.1. The first kappa shape index (κ1) is 16.4. The lowest BCUT2D eigenvalue weighted by Crippen LogP contribution is -2.34. The van der Waals surface area contributed by atoms with Gasteiger partial charge in [0.2, 0.25) is 11.8 Å². The van der Waals surface area contributed by atoms with Crippen molar-refractivity contribution in [2.75, 3.05) is 6.54 Å². The highest BCUT2D eigenvalue weighted by Gasteiger charge is 2.29. The van der Waals surface area contributed by atoms with Crippen molar-refractivity contribution in [2.24, 2.45) is 5.73 Å². The van der Waals surface area contributed by atoms with Crippen molar-refractivity contribution in [3.8, 4) is 0 Å². The van der Waals surface area contributed by atoms with Gasteiger partial charge in [-0.25, -0.2) is 8.78 Å². The summed E-state index contributed by atoms with van der Waals surface area (Å²) in [7, 11) is 0. The third kappa shape index (κ3) is 4.49. The van der Waals surface area contributed by atoms with Gasteiger partial charge in [-0.15, -0.1) is 0 Å². The Labute approximate surface area is 126 Å². The van der Waals surface area contributed by atoms with E-state index >= 15 is 0 Å². The van der Waals surface area contributed by atoms with E-state index in [0.717, 1.165) is 12.1 Å². The van der Waals surface area contributed by atoms with Crippen molar-refractivity contribution in [2.45, 2.75) is 37.9 Å². The molecule has 1 aliphatic rings. The van der Waals surface area contributed by atoms with E-state index in [1.165, 1.54) is 6.07 Å². The van der Waals surface area contributed by atoms with Crippen LogP contribution in [0.3, 0.4) is 0 Å². The molecule has 22 heavy (non-hydrogen) atoms. The van der Waals surface area contributed by atoms with E-state index < -0.39 is 23.6 Å². The predicted molar refractivity (Wildman–Crippen MR) is 74.8 cm³/mol. The summed E-state index contributed by atoms with van der Waals surface area (Å²) >= 11 is 0. The van der Waals surface area contributed by atoms with Crippen molar-refractivity contribution in [1.82, 2.24) is 5.32 Å². The molecule has 2 rings (SSSR count). The van der Waals surface area contributed by atoms with E-state index in [-0.39, 0.29) is 31.4 Å². The van der Waals surface area contributed by atoms with E-state index in [4.69, 9.17) is 10.5 Å². The van der Waals surface area contributed by atoms with Crippen molar-refractivity contribution < 1.29 is 23.1 Å². The monoisotopic (exact) mass is 312 g/mol. The quantitative estimate of drug-likeness (QED) is 0.823. The number of hydrogen-bond acceptors (Lipinski definition) is 3. The zero-order valence-electron chi connectivity index (χ0n) is 12.0. The lowest BCUT2D eigenvalue weighted by molar-refractivity contribution is -0.128. The average molecular weight is 312 g/mol. The SMILES string of the molecule is NC(=O)[C@@H]1CC[C@@H](CNC(=O)CCc2ccc(F)cc2F)O1. The van der Waals surface area contributed by atoms with Crippen LogP contribution in [0.2, 0.25) is 0 Å². The Balaban J connectivity index is 1.71. The second-order valence-electron chi connectivity index (χ2n) is 5.27. The standard InChI is InChI=1S/C15H18F2N2O3/c16-10-3-1-9(12(17)7-10)2-6-14(20)19-8-11-4-5-13(22-11)15(18)21/h1,3,7,11,13H,2,4-6,8H2,(H2,18,21)(H,19,20)/t11-,13-/m0/s1. The molecule has 0 aliphatic carbocycles. The minimum absolute atomic E-state index is 0.0918. The number of nitrogens with two attached hydrogens (primary N) is 1. The maximum Gasteiger partial charge on any atom is 0.246 e. The first-order valence-corrected chi connectivity index (χ1v) is 7.11.